The van der Waals surface area contributed by atoms with Crippen molar-refractivity contribution in [2.24, 2.45) is 0 Å². The summed E-state index contributed by atoms with van der Waals surface area (Å²) >= 11 is 6.00. The lowest BCUT2D eigenvalue weighted by molar-refractivity contribution is -0.112. The monoisotopic (exact) mass is 250 g/mol. The second kappa shape index (κ2) is 4.90. The van der Waals surface area contributed by atoms with Gasteiger partial charge in [-0.1, -0.05) is 17.7 Å². The Kier molecular flexibility index (Phi) is 3.50. The molecule has 4 heteroatoms. The molecule has 2 rings (SSSR count). The van der Waals surface area contributed by atoms with E-state index in [0.717, 1.165) is 29.9 Å². The van der Waals surface area contributed by atoms with Crippen LogP contribution in [-0.2, 0) is 4.79 Å². The third kappa shape index (κ3) is 2.51. The molecular weight excluding hydrogens is 236 g/mol. The number of amides is 1. The summed E-state index contributed by atoms with van der Waals surface area (Å²) in [5, 5.41) is 6.68. The van der Waals surface area contributed by atoms with Gasteiger partial charge < -0.3 is 10.6 Å². The van der Waals surface area contributed by atoms with Crippen molar-refractivity contribution in [1.29, 1.82) is 0 Å². The fourth-order valence-electron chi connectivity index (χ4n) is 1.63. The van der Waals surface area contributed by atoms with Gasteiger partial charge in [0, 0.05) is 29.4 Å². The Morgan fingerprint density at radius 3 is 2.71 bits per heavy atom. The predicted molar refractivity (Wildman–Crippen MR) is 70.4 cm³/mol. The third-order valence-corrected chi connectivity index (χ3v) is 3.47. The molecule has 0 spiro atoms. The van der Waals surface area contributed by atoms with Crippen LogP contribution in [0, 0.1) is 6.92 Å². The molecule has 3 nitrogen and oxygen atoms in total. The molecule has 17 heavy (non-hydrogen) atoms. The highest BCUT2D eigenvalue weighted by Gasteiger charge is 2.16. The lowest BCUT2D eigenvalue weighted by Crippen LogP contribution is -2.36. The molecule has 2 N–H and O–H groups in total. The van der Waals surface area contributed by atoms with E-state index in [0.29, 0.717) is 5.02 Å². The van der Waals surface area contributed by atoms with Gasteiger partial charge in [0.2, 0.25) is 0 Å². The number of nitrogens with one attached hydrogen (secondary N) is 2. The first-order valence-corrected chi connectivity index (χ1v) is 5.93. The molecule has 1 aliphatic rings. The fourth-order valence-corrected chi connectivity index (χ4v) is 1.81. The van der Waals surface area contributed by atoms with Crippen molar-refractivity contribution >= 4 is 23.2 Å². The van der Waals surface area contributed by atoms with Crippen LogP contribution < -0.4 is 10.6 Å². The van der Waals surface area contributed by atoms with Gasteiger partial charge in [-0.2, -0.15) is 0 Å². The Morgan fingerprint density at radius 1 is 1.41 bits per heavy atom. The summed E-state index contributed by atoms with van der Waals surface area (Å²) in [6.45, 7) is 5.37. The Labute approximate surface area is 106 Å². The molecular formula is C13H15ClN2O. The van der Waals surface area contributed by atoms with Crippen LogP contribution in [0.4, 0.5) is 5.69 Å². The lowest BCUT2D eigenvalue weighted by atomic mass is 10.0. The Hall–Kier alpha value is -1.32. The molecule has 1 aromatic carbocycles. The van der Waals surface area contributed by atoms with Crippen molar-refractivity contribution < 1.29 is 4.79 Å². The largest absolute Gasteiger partial charge is 0.322 e. The highest BCUT2D eigenvalue weighted by Crippen LogP contribution is 2.23. The van der Waals surface area contributed by atoms with Crippen LogP contribution in [0.5, 0.6) is 0 Å². The summed E-state index contributed by atoms with van der Waals surface area (Å²) < 4.78 is 0. The van der Waals surface area contributed by atoms with Gasteiger partial charge in [0.25, 0.3) is 5.91 Å². The summed E-state index contributed by atoms with van der Waals surface area (Å²) in [5.74, 6) is -0.0492. The third-order valence-electron chi connectivity index (χ3n) is 3.06. The number of hydrogen-bond donors (Lipinski definition) is 2. The van der Waals surface area contributed by atoms with Crippen LogP contribution in [0.1, 0.15) is 12.5 Å². The molecule has 1 fully saturated rings. The number of rotatable bonds is 2. The fraction of sp³-hybridized carbons (Fsp3) is 0.308. The van der Waals surface area contributed by atoms with Crippen LogP contribution in [0.3, 0.4) is 0 Å². The average molecular weight is 251 g/mol. The summed E-state index contributed by atoms with van der Waals surface area (Å²) in [6.07, 6.45) is 0. The Morgan fingerprint density at radius 2 is 2.12 bits per heavy atom. The number of anilines is 1. The highest BCUT2D eigenvalue weighted by molar-refractivity contribution is 6.31. The van der Waals surface area contributed by atoms with Gasteiger partial charge in [-0.15, -0.1) is 0 Å². The van der Waals surface area contributed by atoms with E-state index in [1.54, 1.807) is 0 Å². The Bertz CT molecular complexity index is 488. The van der Waals surface area contributed by atoms with E-state index in [1.165, 1.54) is 5.57 Å². The number of benzene rings is 1. The van der Waals surface area contributed by atoms with Crippen LogP contribution in [-0.4, -0.2) is 19.0 Å². The van der Waals surface area contributed by atoms with Gasteiger partial charge in [-0.3, -0.25) is 4.79 Å². The molecule has 0 aromatic heterocycles. The molecule has 1 aliphatic heterocycles. The van der Waals surface area contributed by atoms with Gasteiger partial charge in [0.05, 0.1) is 0 Å². The molecule has 0 bridgehead atoms. The van der Waals surface area contributed by atoms with Crippen LogP contribution in [0.15, 0.2) is 29.3 Å². The molecule has 1 heterocycles. The number of carbonyl (C=O) groups is 1. The van der Waals surface area contributed by atoms with E-state index in [2.05, 4.69) is 10.6 Å². The van der Waals surface area contributed by atoms with Crippen molar-refractivity contribution in [1.82, 2.24) is 5.32 Å². The molecule has 90 valence electrons. The zero-order chi connectivity index (χ0) is 12.4. The second-order valence-corrected chi connectivity index (χ2v) is 4.61. The summed E-state index contributed by atoms with van der Waals surface area (Å²) in [6, 6.07) is 5.50. The summed E-state index contributed by atoms with van der Waals surface area (Å²) in [7, 11) is 0. The molecule has 0 atom stereocenters. The van der Waals surface area contributed by atoms with E-state index >= 15 is 0 Å². The summed E-state index contributed by atoms with van der Waals surface area (Å²) in [4.78, 5) is 12.0. The molecule has 0 aliphatic carbocycles. The summed E-state index contributed by atoms with van der Waals surface area (Å²) in [5.41, 5.74) is 3.63. The second-order valence-electron chi connectivity index (χ2n) is 4.20. The van der Waals surface area contributed by atoms with Gasteiger partial charge in [0.15, 0.2) is 0 Å². The topological polar surface area (TPSA) is 41.1 Å². The molecule has 0 saturated carbocycles. The van der Waals surface area contributed by atoms with Gasteiger partial charge in [-0.25, -0.2) is 0 Å². The first kappa shape index (κ1) is 12.1. The lowest BCUT2D eigenvalue weighted by Gasteiger charge is -2.21. The van der Waals surface area contributed by atoms with Crippen LogP contribution >= 0.6 is 11.6 Å². The molecule has 1 amide bonds. The number of halogens is 1. The zero-order valence-electron chi connectivity index (χ0n) is 9.93. The van der Waals surface area contributed by atoms with E-state index in [1.807, 2.05) is 32.0 Å². The highest BCUT2D eigenvalue weighted by atomic mass is 35.5. The maximum atomic E-state index is 12.0. The molecule has 0 radical (unpaired) electrons. The molecule has 1 aromatic rings. The zero-order valence-corrected chi connectivity index (χ0v) is 10.7. The van der Waals surface area contributed by atoms with Gasteiger partial charge in [-0.05, 0) is 37.1 Å². The standard InChI is InChI=1S/C13H15ClN2O/c1-8(10-6-15-7-10)13(17)16-12-5-3-4-11(14)9(12)2/h3-5,15H,6-7H2,1-2H3,(H,16,17). The van der Waals surface area contributed by atoms with Crippen molar-refractivity contribution in [2.75, 3.05) is 18.4 Å². The van der Waals surface area contributed by atoms with Crippen molar-refractivity contribution in [3.63, 3.8) is 0 Å². The average Bonchev–Trinajstić information content (AvgIpc) is 2.22. The minimum Gasteiger partial charge on any atom is -0.322 e. The van der Waals surface area contributed by atoms with E-state index in [9.17, 15) is 4.79 Å². The smallest absolute Gasteiger partial charge is 0.251 e. The van der Waals surface area contributed by atoms with Crippen molar-refractivity contribution in [3.05, 3.63) is 39.9 Å². The maximum absolute atomic E-state index is 12.0. The molecule has 0 unspecified atom stereocenters. The maximum Gasteiger partial charge on any atom is 0.251 e. The minimum atomic E-state index is -0.0492. The predicted octanol–water partition coefficient (Wildman–Crippen LogP) is 2.51. The first-order valence-electron chi connectivity index (χ1n) is 5.55. The van der Waals surface area contributed by atoms with E-state index < -0.39 is 0 Å². The molecule has 1 saturated heterocycles. The number of carbonyl (C=O) groups excluding carboxylic acids is 1. The van der Waals surface area contributed by atoms with Crippen LogP contribution in [0.2, 0.25) is 5.02 Å². The van der Waals surface area contributed by atoms with E-state index in [-0.39, 0.29) is 5.91 Å². The quantitative estimate of drug-likeness (QED) is 0.792. The van der Waals surface area contributed by atoms with E-state index in [4.69, 9.17) is 11.6 Å². The number of hydrogen-bond acceptors (Lipinski definition) is 2. The first-order chi connectivity index (χ1) is 8.09. The van der Waals surface area contributed by atoms with Crippen LogP contribution in [0.25, 0.3) is 0 Å². The van der Waals surface area contributed by atoms with Crippen molar-refractivity contribution in [2.45, 2.75) is 13.8 Å². The van der Waals surface area contributed by atoms with Crippen molar-refractivity contribution in [3.8, 4) is 0 Å². The SMILES string of the molecule is CC(C(=O)Nc1cccc(Cl)c1C)=C1CNC1. The minimum absolute atomic E-state index is 0.0492. The van der Waals surface area contributed by atoms with Gasteiger partial charge in [0.1, 0.15) is 0 Å². The Balaban J connectivity index is 2.16. The normalized spacial score (nSPS) is 14.2. The van der Waals surface area contributed by atoms with Gasteiger partial charge >= 0.3 is 0 Å².